The fraction of sp³-hybridized carbons (Fsp3) is 0.150. The molecule has 142 valence electrons. The molecule has 1 heterocycles. The van der Waals surface area contributed by atoms with E-state index in [2.05, 4.69) is 10.3 Å². The molecule has 1 aliphatic rings. The number of ether oxygens (including phenoxy) is 1. The molecular formula is C20H17N3O5. The van der Waals surface area contributed by atoms with Crippen LogP contribution in [0.3, 0.4) is 0 Å². The molecule has 1 aliphatic heterocycles. The quantitative estimate of drug-likeness (QED) is 0.488. The zero-order valence-corrected chi connectivity index (χ0v) is 15.2. The summed E-state index contributed by atoms with van der Waals surface area (Å²) in [6.07, 6.45) is 1.17. The van der Waals surface area contributed by atoms with Crippen LogP contribution in [0.5, 0.6) is 5.75 Å². The molecule has 8 nitrogen and oxygen atoms in total. The fourth-order valence-electron chi connectivity index (χ4n) is 2.66. The van der Waals surface area contributed by atoms with Gasteiger partial charge in [-0.25, -0.2) is 9.69 Å². The number of barbiturate groups is 1. The van der Waals surface area contributed by atoms with Crippen molar-refractivity contribution in [1.82, 2.24) is 5.32 Å². The lowest BCUT2D eigenvalue weighted by molar-refractivity contribution is -0.131. The number of hydrogen-bond acceptors (Lipinski definition) is 6. The van der Waals surface area contributed by atoms with Crippen LogP contribution in [0.25, 0.3) is 0 Å². The van der Waals surface area contributed by atoms with Crippen molar-refractivity contribution in [2.24, 2.45) is 10.9 Å². The second kappa shape index (κ2) is 7.83. The number of nitrogens with zero attached hydrogens (tertiary/aromatic N) is 2. The Bertz CT molecular complexity index is 982. The molecule has 0 radical (unpaired) electrons. The van der Waals surface area contributed by atoms with Crippen LogP contribution in [-0.4, -0.2) is 37.0 Å². The van der Waals surface area contributed by atoms with E-state index in [-0.39, 0.29) is 5.78 Å². The molecule has 8 heteroatoms. The number of imide groups is 2. The first-order valence-electron chi connectivity index (χ1n) is 8.38. The number of rotatable bonds is 5. The van der Waals surface area contributed by atoms with Crippen molar-refractivity contribution in [2.45, 2.75) is 6.92 Å². The van der Waals surface area contributed by atoms with E-state index in [0.717, 1.165) is 4.90 Å². The van der Waals surface area contributed by atoms with E-state index in [0.29, 0.717) is 22.7 Å². The van der Waals surface area contributed by atoms with E-state index >= 15 is 0 Å². The predicted octanol–water partition coefficient (Wildman–Crippen LogP) is 2.50. The number of benzene rings is 2. The Balaban J connectivity index is 1.87. The summed E-state index contributed by atoms with van der Waals surface area (Å²) in [5.74, 6) is -2.31. The lowest BCUT2D eigenvalue weighted by Gasteiger charge is -2.28. The summed E-state index contributed by atoms with van der Waals surface area (Å²) in [5, 5.41) is 2.15. The van der Waals surface area contributed by atoms with E-state index in [4.69, 9.17) is 4.74 Å². The SMILES string of the molecule is COc1ccc(N2C(=O)NC(=O)[C@H](C=Nc3cccc(C(C)=O)c3)C2=O)cc1. The molecule has 0 spiro atoms. The van der Waals surface area contributed by atoms with Crippen molar-refractivity contribution in [3.63, 3.8) is 0 Å². The summed E-state index contributed by atoms with van der Waals surface area (Å²) in [6.45, 7) is 1.43. The summed E-state index contributed by atoms with van der Waals surface area (Å²) in [5.41, 5.74) is 1.18. The highest BCUT2D eigenvalue weighted by Crippen LogP contribution is 2.23. The van der Waals surface area contributed by atoms with Gasteiger partial charge in [0.05, 0.1) is 18.5 Å². The number of hydrogen-bond donors (Lipinski definition) is 1. The van der Waals surface area contributed by atoms with Crippen molar-refractivity contribution >= 4 is 41.2 Å². The molecular weight excluding hydrogens is 362 g/mol. The number of methoxy groups -OCH3 is 1. The van der Waals surface area contributed by atoms with E-state index in [1.807, 2.05) is 0 Å². The molecule has 2 aromatic rings. The van der Waals surface area contributed by atoms with Crippen LogP contribution in [0.1, 0.15) is 17.3 Å². The third-order valence-corrected chi connectivity index (χ3v) is 4.16. The molecule has 0 aliphatic carbocycles. The van der Waals surface area contributed by atoms with Gasteiger partial charge in [0.25, 0.3) is 5.91 Å². The Morgan fingerprint density at radius 2 is 1.86 bits per heavy atom. The first-order chi connectivity index (χ1) is 13.4. The Morgan fingerprint density at radius 3 is 2.50 bits per heavy atom. The molecule has 1 atom stereocenters. The molecule has 0 unspecified atom stereocenters. The minimum Gasteiger partial charge on any atom is -0.497 e. The van der Waals surface area contributed by atoms with E-state index < -0.39 is 23.8 Å². The van der Waals surface area contributed by atoms with Crippen LogP contribution in [0.2, 0.25) is 0 Å². The second-order valence-electron chi connectivity index (χ2n) is 6.03. The van der Waals surface area contributed by atoms with Crippen molar-refractivity contribution in [1.29, 1.82) is 0 Å². The molecule has 0 bridgehead atoms. The monoisotopic (exact) mass is 379 g/mol. The van der Waals surface area contributed by atoms with Crippen molar-refractivity contribution < 1.29 is 23.9 Å². The number of ketones is 1. The highest BCUT2D eigenvalue weighted by molar-refractivity contribution is 6.32. The summed E-state index contributed by atoms with van der Waals surface area (Å²) >= 11 is 0. The largest absolute Gasteiger partial charge is 0.497 e. The zero-order valence-electron chi connectivity index (χ0n) is 15.2. The maximum Gasteiger partial charge on any atom is 0.335 e. The van der Waals surface area contributed by atoms with Crippen LogP contribution >= 0.6 is 0 Å². The topological polar surface area (TPSA) is 105 Å². The average Bonchev–Trinajstić information content (AvgIpc) is 2.68. The Hall–Kier alpha value is -3.81. The van der Waals surface area contributed by atoms with Crippen LogP contribution in [-0.2, 0) is 9.59 Å². The van der Waals surface area contributed by atoms with E-state index in [9.17, 15) is 19.2 Å². The Labute approximate surface area is 160 Å². The minimum absolute atomic E-state index is 0.125. The van der Waals surface area contributed by atoms with Crippen molar-refractivity contribution in [2.75, 3.05) is 12.0 Å². The highest BCUT2D eigenvalue weighted by Gasteiger charge is 2.40. The van der Waals surface area contributed by atoms with E-state index in [1.54, 1.807) is 36.4 Å². The van der Waals surface area contributed by atoms with Gasteiger partial charge in [-0.3, -0.25) is 24.7 Å². The molecule has 2 aromatic carbocycles. The van der Waals surface area contributed by atoms with Gasteiger partial charge in [0.2, 0.25) is 5.91 Å². The number of Topliss-reactive ketones (excluding diaryl/α,β-unsaturated/α-hetero) is 1. The van der Waals surface area contributed by atoms with Gasteiger partial charge in [-0.2, -0.15) is 0 Å². The van der Waals surface area contributed by atoms with Crippen molar-refractivity contribution in [3.8, 4) is 5.75 Å². The number of urea groups is 1. The molecule has 0 aromatic heterocycles. The van der Waals surface area contributed by atoms with Crippen LogP contribution < -0.4 is 15.0 Å². The van der Waals surface area contributed by atoms with Gasteiger partial charge in [-0.05, 0) is 43.3 Å². The van der Waals surface area contributed by atoms with Crippen LogP contribution in [0.4, 0.5) is 16.2 Å². The Morgan fingerprint density at radius 1 is 1.14 bits per heavy atom. The number of carbonyl (C=O) groups is 4. The molecule has 4 amide bonds. The third-order valence-electron chi connectivity index (χ3n) is 4.16. The fourth-order valence-corrected chi connectivity index (χ4v) is 2.66. The normalized spacial score (nSPS) is 17.0. The first kappa shape index (κ1) is 19.0. The van der Waals surface area contributed by atoms with Gasteiger partial charge in [0.15, 0.2) is 11.7 Å². The number of carbonyl (C=O) groups excluding carboxylic acids is 4. The molecule has 0 saturated carbocycles. The summed E-state index contributed by atoms with van der Waals surface area (Å²) < 4.78 is 5.06. The molecule has 1 N–H and O–H groups in total. The van der Waals surface area contributed by atoms with Gasteiger partial charge in [-0.15, -0.1) is 0 Å². The minimum atomic E-state index is -1.28. The third kappa shape index (κ3) is 3.80. The van der Waals surface area contributed by atoms with E-state index in [1.165, 1.54) is 32.4 Å². The first-order valence-corrected chi connectivity index (χ1v) is 8.38. The predicted molar refractivity (Wildman–Crippen MR) is 102 cm³/mol. The van der Waals surface area contributed by atoms with Crippen LogP contribution in [0.15, 0.2) is 53.5 Å². The summed E-state index contributed by atoms with van der Waals surface area (Å²) in [6, 6.07) is 11.9. The van der Waals surface area contributed by atoms with Gasteiger partial charge < -0.3 is 4.74 Å². The average molecular weight is 379 g/mol. The molecule has 1 saturated heterocycles. The van der Waals surface area contributed by atoms with Crippen molar-refractivity contribution in [3.05, 3.63) is 54.1 Å². The lowest BCUT2D eigenvalue weighted by Crippen LogP contribution is -2.58. The number of anilines is 1. The van der Waals surface area contributed by atoms with Gasteiger partial charge in [0, 0.05) is 11.8 Å². The number of amides is 4. The lowest BCUT2D eigenvalue weighted by atomic mass is 10.1. The summed E-state index contributed by atoms with van der Waals surface area (Å²) in [7, 11) is 1.50. The van der Waals surface area contributed by atoms with Gasteiger partial charge >= 0.3 is 6.03 Å². The standard InChI is InChI=1S/C20H17N3O5/c1-12(24)13-4-3-5-14(10-13)21-11-17-18(25)22-20(27)23(19(17)26)15-6-8-16(28-2)9-7-15/h3-11,17H,1-2H3,(H,22,25,27)/t17-/m0/s1. The number of aliphatic imine (C=N–C) groups is 1. The smallest absolute Gasteiger partial charge is 0.335 e. The molecule has 1 fully saturated rings. The van der Waals surface area contributed by atoms with Gasteiger partial charge in [-0.1, -0.05) is 12.1 Å². The molecule has 28 heavy (non-hydrogen) atoms. The second-order valence-corrected chi connectivity index (χ2v) is 6.03. The maximum atomic E-state index is 12.8. The summed E-state index contributed by atoms with van der Waals surface area (Å²) in [4.78, 5) is 53.6. The van der Waals surface area contributed by atoms with Crippen LogP contribution in [0, 0.1) is 5.92 Å². The number of nitrogens with one attached hydrogen (secondary N) is 1. The highest BCUT2D eigenvalue weighted by atomic mass is 16.5. The Kier molecular flexibility index (Phi) is 5.30. The maximum absolute atomic E-state index is 12.8. The zero-order chi connectivity index (χ0) is 20.3. The molecule has 3 rings (SSSR count). The van der Waals surface area contributed by atoms with Gasteiger partial charge in [0.1, 0.15) is 5.75 Å².